The highest BCUT2D eigenvalue weighted by Gasteiger charge is 2.23. The first-order valence-electron chi connectivity index (χ1n) is 6.72. The van der Waals surface area contributed by atoms with Crippen molar-refractivity contribution in [3.8, 4) is 5.75 Å². The number of benzene rings is 1. The molecule has 0 amide bonds. The second kappa shape index (κ2) is 5.45. The molecule has 0 saturated carbocycles. The van der Waals surface area contributed by atoms with Gasteiger partial charge in [0.1, 0.15) is 11.9 Å². The standard InChI is InChI=1S/C14H18N6O/c1-21-11-4-2-3-10(9-11)5-6-19-7-8-20-13(12(19)15)17-18-14(20)16/h2-4,7-9,12H,5-6,15H2,1H3,(H2,16,18). The van der Waals surface area contributed by atoms with E-state index in [0.717, 1.165) is 18.7 Å². The number of hydrogen-bond donors (Lipinski definition) is 2. The van der Waals surface area contributed by atoms with Crippen molar-refractivity contribution in [2.45, 2.75) is 12.6 Å². The Morgan fingerprint density at radius 3 is 2.95 bits per heavy atom. The summed E-state index contributed by atoms with van der Waals surface area (Å²) in [6, 6.07) is 8.01. The quantitative estimate of drug-likeness (QED) is 0.863. The number of rotatable bonds is 4. The van der Waals surface area contributed by atoms with Gasteiger partial charge in [-0.25, -0.2) is 0 Å². The van der Waals surface area contributed by atoms with E-state index in [-0.39, 0.29) is 6.17 Å². The zero-order valence-electron chi connectivity index (χ0n) is 11.8. The van der Waals surface area contributed by atoms with E-state index in [1.165, 1.54) is 5.56 Å². The number of anilines is 1. The molecule has 1 aromatic heterocycles. The number of nitrogens with zero attached hydrogens (tertiary/aromatic N) is 4. The van der Waals surface area contributed by atoms with E-state index in [1.54, 1.807) is 11.7 Å². The van der Waals surface area contributed by atoms with Gasteiger partial charge in [-0.2, -0.15) is 0 Å². The van der Waals surface area contributed by atoms with E-state index >= 15 is 0 Å². The summed E-state index contributed by atoms with van der Waals surface area (Å²) in [5.41, 5.74) is 13.1. The van der Waals surface area contributed by atoms with E-state index in [9.17, 15) is 0 Å². The third-order valence-corrected chi connectivity index (χ3v) is 3.57. The maximum Gasteiger partial charge on any atom is 0.226 e. The molecule has 1 aromatic carbocycles. The van der Waals surface area contributed by atoms with Crippen molar-refractivity contribution in [1.82, 2.24) is 19.7 Å². The molecule has 1 aliphatic heterocycles. The molecule has 0 radical (unpaired) electrons. The normalized spacial score (nSPS) is 16.9. The molecule has 1 unspecified atom stereocenters. The van der Waals surface area contributed by atoms with Crippen LogP contribution in [0.25, 0.3) is 6.20 Å². The van der Waals surface area contributed by atoms with Crippen LogP contribution in [0, 0.1) is 0 Å². The molecule has 2 aromatic rings. The minimum Gasteiger partial charge on any atom is -0.497 e. The molecule has 2 heterocycles. The van der Waals surface area contributed by atoms with Crippen LogP contribution in [0.3, 0.4) is 0 Å². The molecule has 4 N–H and O–H groups in total. The summed E-state index contributed by atoms with van der Waals surface area (Å²) in [5, 5.41) is 7.86. The molecule has 7 nitrogen and oxygen atoms in total. The fourth-order valence-electron chi connectivity index (χ4n) is 2.36. The van der Waals surface area contributed by atoms with Crippen LogP contribution in [0.15, 0.2) is 30.5 Å². The van der Waals surface area contributed by atoms with Crippen LogP contribution >= 0.6 is 0 Å². The topological polar surface area (TPSA) is 95.2 Å². The van der Waals surface area contributed by atoms with Gasteiger partial charge in [0.05, 0.1) is 7.11 Å². The van der Waals surface area contributed by atoms with E-state index in [4.69, 9.17) is 16.2 Å². The molecule has 1 atom stereocenters. The van der Waals surface area contributed by atoms with E-state index in [1.807, 2.05) is 35.5 Å². The van der Waals surface area contributed by atoms with Gasteiger partial charge in [-0.05, 0) is 24.1 Å². The summed E-state index contributed by atoms with van der Waals surface area (Å²) in [6.45, 7) is 0.775. The molecule has 21 heavy (non-hydrogen) atoms. The molecular weight excluding hydrogens is 268 g/mol. The molecule has 1 aliphatic rings. The van der Waals surface area contributed by atoms with Crippen molar-refractivity contribution in [3.63, 3.8) is 0 Å². The fourth-order valence-corrected chi connectivity index (χ4v) is 2.36. The molecule has 0 aliphatic carbocycles. The van der Waals surface area contributed by atoms with E-state index in [0.29, 0.717) is 11.8 Å². The Bertz CT molecular complexity index is 665. The lowest BCUT2D eigenvalue weighted by molar-refractivity contribution is 0.269. The Morgan fingerprint density at radius 1 is 1.29 bits per heavy atom. The lowest BCUT2D eigenvalue weighted by Crippen LogP contribution is -2.36. The highest BCUT2D eigenvalue weighted by atomic mass is 16.5. The number of aromatic nitrogens is 3. The zero-order valence-corrected chi connectivity index (χ0v) is 11.8. The van der Waals surface area contributed by atoms with Crippen LogP contribution in [-0.2, 0) is 6.42 Å². The molecule has 0 fully saturated rings. The first-order valence-corrected chi connectivity index (χ1v) is 6.72. The van der Waals surface area contributed by atoms with E-state index in [2.05, 4.69) is 16.3 Å². The maximum atomic E-state index is 6.20. The van der Waals surface area contributed by atoms with Crippen LogP contribution in [-0.4, -0.2) is 33.3 Å². The first-order chi connectivity index (χ1) is 10.2. The molecule has 110 valence electrons. The third-order valence-electron chi connectivity index (χ3n) is 3.57. The predicted octanol–water partition coefficient (Wildman–Crippen LogP) is 0.813. The second-order valence-corrected chi connectivity index (χ2v) is 4.87. The minimum atomic E-state index is -0.342. The second-order valence-electron chi connectivity index (χ2n) is 4.87. The lowest BCUT2D eigenvalue weighted by atomic mass is 10.1. The number of fused-ring (bicyclic) bond motifs is 1. The SMILES string of the molecule is COc1cccc(CCN2C=Cn3c(N)nnc3C2N)c1. The van der Waals surface area contributed by atoms with Crippen molar-refractivity contribution < 1.29 is 4.74 Å². The van der Waals surface area contributed by atoms with Crippen LogP contribution in [0.2, 0.25) is 0 Å². The Balaban J connectivity index is 1.69. The van der Waals surface area contributed by atoms with Crippen LogP contribution in [0.4, 0.5) is 5.95 Å². The summed E-state index contributed by atoms with van der Waals surface area (Å²) < 4.78 is 6.93. The van der Waals surface area contributed by atoms with Crippen LogP contribution in [0.1, 0.15) is 17.6 Å². The highest BCUT2D eigenvalue weighted by molar-refractivity contribution is 5.38. The van der Waals surface area contributed by atoms with Gasteiger partial charge in [0, 0.05) is 18.9 Å². The fraction of sp³-hybridized carbons (Fsp3) is 0.286. The third kappa shape index (κ3) is 2.55. The molecule has 0 bridgehead atoms. The van der Waals surface area contributed by atoms with Gasteiger partial charge >= 0.3 is 0 Å². The summed E-state index contributed by atoms with van der Waals surface area (Å²) in [4.78, 5) is 2.02. The summed E-state index contributed by atoms with van der Waals surface area (Å²) in [7, 11) is 1.67. The van der Waals surface area contributed by atoms with Gasteiger partial charge in [0.2, 0.25) is 5.95 Å². The Morgan fingerprint density at radius 2 is 2.14 bits per heavy atom. The smallest absolute Gasteiger partial charge is 0.226 e. The van der Waals surface area contributed by atoms with Gasteiger partial charge in [-0.1, -0.05) is 12.1 Å². The van der Waals surface area contributed by atoms with Gasteiger partial charge in [-0.3, -0.25) is 4.57 Å². The number of nitrogen functional groups attached to an aromatic ring is 1. The molecule has 3 rings (SSSR count). The molecule has 0 saturated heterocycles. The highest BCUT2D eigenvalue weighted by Crippen LogP contribution is 2.22. The monoisotopic (exact) mass is 286 g/mol. The Labute approximate surface area is 122 Å². The average molecular weight is 286 g/mol. The van der Waals surface area contributed by atoms with Crippen molar-refractivity contribution in [3.05, 3.63) is 41.9 Å². The number of methoxy groups -OCH3 is 1. The maximum absolute atomic E-state index is 6.20. The summed E-state index contributed by atoms with van der Waals surface area (Å²) in [5.74, 6) is 1.86. The largest absolute Gasteiger partial charge is 0.497 e. The van der Waals surface area contributed by atoms with Crippen molar-refractivity contribution in [2.75, 3.05) is 19.4 Å². The predicted molar refractivity (Wildman–Crippen MR) is 80.1 cm³/mol. The average Bonchev–Trinajstić information content (AvgIpc) is 2.89. The van der Waals surface area contributed by atoms with Gasteiger partial charge in [-0.15, -0.1) is 10.2 Å². The minimum absolute atomic E-state index is 0.342. The summed E-state index contributed by atoms with van der Waals surface area (Å²) >= 11 is 0. The van der Waals surface area contributed by atoms with Crippen LogP contribution in [0.5, 0.6) is 5.75 Å². The molecule has 7 heteroatoms. The molecule has 0 spiro atoms. The van der Waals surface area contributed by atoms with Gasteiger partial charge < -0.3 is 21.1 Å². The number of hydrogen-bond acceptors (Lipinski definition) is 6. The zero-order chi connectivity index (χ0) is 14.8. The van der Waals surface area contributed by atoms with Gasteiger partial charge in [0.15, 0.2) is 5.82 Å². The van der Waals surface area contributed by atoms with Crippen LogP contribution < -0.4 is 16.2 Å². The van der Waals surface area contributed by atoms with Crippen molar-refractivity contribution in [2.24, 2.45) is 5.73 Å². The number of ether oxygens (including phenoxy) is 1. The number of nitrogens with two attached hydrogens (primary N) is 2. The van der Waals surface area contributed by atoms with Crippen molar-refractivity contribution in [1.29, 1.82) is 0 Å². The van der Waals surface area contributed by atoms with Crippen molar-refractivity contribution >= 4 is 12.1 Å². The lowest BCUT2D eigenvalue weighted by Gasteiger charge is -2.29. The van der Waals surface area contributed by atoms with E-state index < -0.39 is 0 Å². The summed E-state index contributed by atoms with van der Waals surface area (Å²) in [6.07, 6.45) is 4.26. The Kier molecular flexibility index (Phi) is 3.49. The molecular formula is C14H18N6O. The van der Waals surface area contributed by atoms with Gasteiger partial charge in [0.25, 0.3) is 0 Å². The Hall–Kier alpha value is -2.54. The first kappa shape index (κ1) is 13.4.